The Labute approximate surface area is 215 Å². The van der Waals surface area contributed by atoms with Gasteiger partial charge in [-0.2, -0.15) is 0 Å². The predicted molar refractivity (Wildman–Crippen MR) is 159 cm³/mol. The molecule has 0 heterocycles. The monoisotopic (exact) mass is 504 g/mol. The fourth-order valence-corrected chi connectivity index (χ4v) is 24.5. The molecule has 0 spiro atoms. The molecule has 5 aliphatic carbocycles. The van der Waals surface area contributed by atoms with Crippen molar-refractivity contribution in [3.05, 3.63) is 0 Å². The van der Waals surface area contributed by atoms with E-state index in [9.17, 15) is 0 Å². The molecule has 0 aromatic rings. The maximum Gasteiger partial charge on any atom is -0.0169 e. The lowest BCUT2D eigenvalue weighted by Crippen LogP contribution is -2.36. The van der Waals surface area contributed by atoms with E-state index < -0.39 is 6.89 Å². The molecule has 0 N–H and O–H groups in total. The molecule has 0 nitrogen and oxygen atoms in total. The molecular formula is C32H58P2. The Morgan fingerprint density at radius 2 is 0.676 bits per heavy atom. The second-order valence-corrected chi connectivity index (χ2v) is 21.1. The maximum absolute atomic E-state index is 2.92. The molecule has 5 fully saturated rings. The second kappa shape index (κ2) is 13.0. The molecule has 0 saturated heterocycles. The van der Waals surface area contributed by atoms with Crippen LogP contribution in [0.3, 0.4) is 0 Å². The summed E-state index contributed by atoms with van der Waals surface area (Å²) in [6.07, 6.45) is 39.7. The summed E-state index contributed by atoms with van der Waals surface area (Å²) in [7, 11) is 0.145. The van der Waals surface area contributed by atoms with Gasteiger partial charge in [-0.25, -0.2) is 0 Å². The highest BCUT2D eigenvalue weighted by atomic mass is 31.2. The molecule has 0 atom stereocenters. The van der Waals surface area contributed by atoms with E-state index in [1.54, 1.807) is 148 Å². The van der Waals surface area contributed by atoms with Crippen LogP contribution in [-0.4, -0.2) is 33.3 Å². The molecule has 0 radical (unpaired) electrons. The summed E-state index contributed by atoms with van der Waals surface area (Å²) in [5.41, 5.74) is 5.72. The first kappa shape index (κ1) is 26.3. The minimum Gasteiger partial charge on any atom is -0.0925 e. The van der Waals surface area contributed by atoms with Gasteiger partial charge in [0.05, 0.1) is 0 Å². The van der Waals surface area contributed by atoms with Crippen LogP contribution in [0.5, 0.6) is 0 Å². The van der Waals surface area contributed by atoms with Crippen molar-refractivity contribution in [3.63, 3.8) is 0 Å². The molecule has 0 amide bonds. The molecule has 0 bridgehead atoms. The molecule has 34 heavy (non-hydrogen) atoms. The van der Waals surface area contributed by atoms with Gasteiger partial charge in [-0.15, -0.1) is 0 Å². The Hall–Kier alpha value is 0.730. The van der Waals surface area contributed by atoms with Crippen LogP contribution < -0.4 is 0 Å². The largest absolute Gasteiger partial charge is 0.0925 e. The van der Waals surface area contributed by atoms with E-state index >= 15 is 0 Å². The molecule has 5 saturated carbocycles. The normalized spacial score (nSPS) is 28.4. The highest BCUT2D eigenvalue weighted by Gasteiger charge is 2.47. The minimum absolute atomic E-state index is 0.145. The van der Waals surface area contributed by atoms with Gasteiger partial charge < -0.3 is 0 Å². The van der Waals surface area contributed by atoms with Crippen LogP contribution >= 0.6 is 14.8 Å². The molecule has 0 aliphatic heterocycles. The van der Waals surface area contributed by atoms with Gasteiger partial charge in [-0.3, -0.25) is 0 Å². The predicted octanol–water partition coefficient (Wildman–Crippen LogP) is 11.3. The van der Waals surface area contributed by atoms with E-state index in [1.807, 2.05) is 0 Å². The van der Waals surface area contributed by atoms with Crippen molar-refractivity contribution in [3.8, 4) is 0 Å². The van der Waals surface area contributed by atoms with Crippen molar-refractivity contribution in [1.29, 1.82) is 0 Å². The van der Waals surface area contributed by atoms with Crippen LogP contribution in [0, 0.1) is 0 Å². The van der Waals surface area contributed by atoms with Gasteiger partial charge in [-0.1, -0.05) is 111 Å². The standard InChI is InChI=1S/C32H58P2/c1-27(33(28-17-7-2-8-18-28)29-19-9-3-10-20-29)34(30-21-11-4-12-22-30,31-23-13-5-14-24-31)32-25-15-6-16-26-32/h28-32H,2-26H2,1H3. The van der Waals surface area contributed by atoms with Gasteiger partial charge in [0.15, 0.2) is 0 Å². The van der Waals surface area contributed by atoms with E-state index in [2.05, 4.69) is 12.0 Å². The van der Waals surface area contributed by atoms with Gasteiger partial charge in [0.2, 0.25) is 0 Å². The smallest absolute Gasteiger partial charge is 0.0169 e. The summed E-state index contributed by atoms with van der Waals surface area (Å²) in [6, 6.07) is 0. The average Bonchev–Trinajstić information content (AvgIpc) is 2.92. The number of hydrogen-bond donors (Lipinski definition) is 0. The topological polar surface area (TPSA) is 0 Å². The second-order valence-electron chi connectivity index (χ2n) is 13.2. The van der Waals surface area contributed by atoms with Crippen LogP contribution in [-0.2, 0) is 0 Å². The molecule has 5 rings (SSSR count). The number of rotatable bonds is 6. The van der Waals surface area contributed by atoms with E-state index in [0.29, 0.717) is 0 Å². The van der Waals surface area contributed by atoms with Gasteiger partial charge in [0.25, 0.3) is 0 Å². The summed E-state index contributed by atoms with van der Waals surface area (Å²) in [4.78, 5) is 0. The summed E-state index contributed by atoms with van der Waals surface area (Å²) >= 11 is 0. The highest BCUT2D eigenvalue weighted by molar-refractivity contribution is 7.97. The van der Waals surface area contributed by atoms with E-state index in [4.69, 9.17) is 0 Å². The third-order valence-electron chi connectivity index (χ3n) is 11.4. The Morgan fingerprint density at radius 1 is 0.412 bits per heavy atom. The average molecular weight is 505 g/mol. The van der Waals surface area contributed by atoms with Gasteiger partial charge >= 0.3 is 0 Å². The van der Waals surface area contributed by atoms with E-state index in [0.717, 1.165) is 28.3 Å². The summed E-state index contributed by atoms with van der Waals surface area (Å²) in [6.45, 7) is 1.86. The molecule has 0 unspecified atom stereocenters. The zero-order valence-corrected chi connectivity index (χ0v) is 24.7. The van der Waals surface area contributed by atoms with Gasteiger partial charge in [-0.05, 0) is 104 Å². The lowest BCUT2D eigenvalue weighted by atomic mass is 9.99. The van der Waals surface area contributed by atoms with Crippen LogP contribution in [0.1, 0.15) is 167 Å². The minimum atomic E-state index is -1.06. The first-order chi connectivity index (χ1) is 16.8. The van der Waals surface area contributed by atoms with E-state index in [1.165, 1.54) is 12.8 Å². The van der Waals surface area contributed by atoms with Gasteiger partial charge in [0.1, 0.15) is 0 Å². The summed E-state index contributed by atoms with van der Waals surface area (Å²) in [5, 5.41) is 2.33. The third-order valence-corrected chi connectivity index (χ3v) is 22.8. The van der Waals surface area contributed by atoms with Gasteiger partial charge in [0, 0.05) is 0 Å². The Bertz CT molecular complexity index is 580. The van der Waals surface area contributed by atoms with Crippen molar-refractivity contribution in [2.75, 3.05) is 0 Å². The van der Waals surface area contributed by atoms with Crippen LogP contribution in [0.4, 0.5) is 0 Å². The first-order valence-corrected chi connectivity index (χ1v) is 19.8. The highest BCUT2D eigenvalue weighted by Crippen LogP contribution is 2.75. The SMILES string of the molecule is CC(P(C1CCCCC1)C1CCCCC1)=P(C1CCCCC1)(C1CCCCC1)C1CCCCC1. The summed E-state index contributed by atoms with van der Waals surface area (Å²) in [5.74, 6) is 0. The molecule has 0 aromatic carbocycles. The van der Waals surface area contributed by atoms with Crippen molar-refractivity contribution in [2.45, 2.75) is 196 Å². The van der Waals surface area contributed by atoms with Crippen LogP contribution in [0.25, 0.3) is 0 Å². The van der Waals surface area contributed by atoms with Crippen LogP contribution in [0.15, 0.2) is 0 Å². The zero-order valence-electron chi connectivity index (χ0n) is 23.0. The van der Waals surface area contributed by atoms with E-state index in [-0.39, 0.29) is 7.92 Å². The molecule has 0 aromatic heterocycles. The molecule has 196 valence electrons. The lowest BCUT2D eigenvalue weighted by Gasteiger charge is -2.54. The first-order valence-electron chi connectivity index (χ1n) is 16.3. The fourth-order valence-electron chi connectivity index (χ4n) is 9.96. The molecule has 5 aliphatic rings. The van der Waals surface area contributed by atoms with Crippen molar-refractivity contribution in [1.82, 2.24) is 0 Å². The molecule has 2 heteroatoms. The Morgan fingerprint density at radius 3 is 0.971 bits per heavy atom. The lowest BCUT2D eigenvalue weighted by molar-refractivity contribution is 0.458. The zero-order chi connectivity index (χ0) is 23.2. The van der Waals surface area contributed by atoms with Crippen molar-refractivity contribution in [2.24, 2.45) is 0 Å². The third kappa shape index (κ3) is 5.60. The van der Waals surface area contributed by atoms with Crippen LogP contribution in [0.2, 0.25) is 0 Å². The maximum atomic E-state index is 2.92. The molecular weight excluding hydrogens is 446 g/mol. The van der Waals surface area contributed by atoms with Crippen molar-refractivity contribution >= 4 is 19.8 Å². The summed E-state index contributed by atoms with van der Waals surface area (Å²) < 4.78 is 0. The quantitative estimate of drug-likeness (QED) is 0.315. The van der Waals surface area contributed by atoms with Crippen molar-refractivity contribution < 1.29 is 0 Å². The fraction of sp³-hybridized carbons (Fsp3) is 0.969. The Kier molecular flexibility index (Phi) is 10.1. The number of hydrogen-bond acceptors (Lipinski definition) is 0. The Balaban J connectivity index is 1.65.